The molecule has 4 rings (SSSR count). The van der Waals surface area contributed by atoms with Crippen LogP contribution in [0.5, 0.6) is 0 Å². The predicted octanol–water partition coefficient (Wildman–Crippen LogP) is 7.01. The molecular weight excluding hydrogens is 520 g/mol. The zero-order chi connectivity index (χ0) is 28.9. The molecule has 0 bridgehead atoms. The first-order chi connectivity index (χ1) is 20.0. The number of hydrogen-bond donors (Lipinski definition) is 1. The van der Waals surface area contributed by atoms with Gasteiger partial charge < -0.3 is 28.8 Å². The van der Waals surface area contributed by atoms with Crippen molar-refractivity contribution in [3.05, 3.63) is 24.3 Å². The minimum absolute atomic E-state index is 0.0589. The summed E-state index contributed by atoms with van der Waals surface area (Å²) in [6.07, 6.45) is 25.3. The van der Waals surface area contributed by atoms with E-state index >= 15 is 0 Å². The van der Waals surface area contributed by atoms with Gasteiger partial charge in [0.25, 0.3) is 0 Å². The fourth-order valence-electron chi connectivity index (χ4n) is 7.35. The number of hydrogen-bond acceptors (Lipinski definition) is 7. The number of methoxy groups -OCH3 is 1. The van der Waals surface area contributed by atoms with E-state index in [-0.39, 0.29) is 48.0 Å². The lowest BCUT2D eigenvalue weighted by atomic mass is 9.62. The Bertz CT molecular complexity index is 810. The number of aliphatic hydroxyl groups excluding tert-OH is 1. The van der Waals surface area contributed by atoms with Crippen LogP contribution in [-0.4, -0.2) is 62.3 Å². The predicted molar refractivity (Wildman–Crippen MR) is 159 cm³/mol. The van der Waals surface area contributed by atoms with Crippen molar-refractivity contribution in [1.82, 2.24) is 0 Å². The van der Waals surface area contributed by atoms with Crippen molar-refractivity contribution in [3.63, 3.8) is 0 Å². The first-order valence-corrected chi connectivity index (χ1v) is 16.7. The second kappa shape index (κ2) is 17.1. The molecule has 7 nitrogen and oxygen atoms in total. The van der Waals surface area contributed by atoms with Crippen LogP contribution >= 0.6 is 0 Å². The molecule has 7 atom stereocenters. The van der Waals surface area contributed by atoms with Crippen LogP contribution in [0.15, 0.2) is 24.3 Å². The summed E-state index contributed by atoms with van der Waals surface area (Å²) in [5.74, 6) is 0.0380. The maximum absolute atomic E-state index is 11.4. The highest BCUT2D eigenvalue weighted by molar-refractivity contribution is 5.69. The Hall–Kier alpha value is -1.25. The molecule has 0 aromatic heterocycles. The average Bonchev–Trinajstić information content (AvgIpc) is 3.26. The second-order valence-electron chi connectivity index (χ2n) is 12.7. The van der Waals surface area contributed by atoms with Crippen LogP contribution in [0.1, 0.15) is 116 Å². The molecule has 4 aliphatic rings. The molecule has 0 aromatic carbocycles. The van der Waals surface area contributed by atoms with E-state index in [4.69, 9.17) is 23.7 Å². The van der Waals surface area contributed by atoms with E-state index in [2.05, 4.69) is 31.2 Å². The second-order valence-corrected chi connectivity index (χ2v) is 12.7. The lowest BCUT2D eigenvalue weighted by molar-refractivity contribution is -0.223. The quantitative estimate of drug-likeness (QED) is 0.120. The van der Waals surface area contributed by atoms with Crippen molar-refractivity contribution in [3.8, 4) is 0 Å². The van der Waals surface area contributed by atoms with Crippen LogP contribution in [-0.2, 0) is 28.5 Å². The zero-order valence-corrected chi connectivity index (χ0v) is 25.7. The van der Waals surface area contributed by atoms with E-state index in [1.165, 1.54) is 45.6 Å². The van der Waals surface area contributed by atoms with E-state index in [1.54, 1.807) is 0 Å². The topological polar surface area (TPSA) is 83.5 Å². The van der Waals surface area contributed by atoms with Gasteiger partial charge in [-0.2, -0.15) is 0 Å². The third kappa shape index (κ3) is 9.62. The summed E-state index contributed by atoms with van der Waals surface area (Å²) < 4.78 is 29.9. The Morgan fingerprint density at radius 2 is 1.78 bits per heavy atom. The molecule has 41 heavy (non-hydrogen) atoms. The minimum atomic E-state index is -0.418. The minimum Gasteiger partial charge on any atom is -0.469 e. The van der Waals surface area contributed by atoms with E-state index < -0.39 is 6.10 Å². The van der Waals surface area contributed by atoms with Crippen molar-refractivity contribution >= 4 is 5.97 Å². The van der Waals surface area contributed by atoms with Gasteiger partial charge in [0, 0.05) is 32.0 Å². The van der Waals surface area contributed by atoms with Gasteiger partial charge in [0.2, 0.25) is 0 Å². The molecule has 2 saturated carbocycles. The molecule has 0 aromatic rings. The van der Waals surface area contributed by atoms with E-state index in [0.717, 1.165) is 71.0 Å². The molecule has 0 amide bonds. The van der Waals surface area contributed by atoms with Gasteiger partial charge in [-0.1, -0.05) is 44.1 Å². The number of carbonyl (C=O) groups excluding carboxylic acids is 1. The summed E-state index contributed by atoms with van der Waals surface area (Å²) in [4.78, 5) is 11.4. The first-order valence-electron chi connectivity index (χ1n) is 16.7. The summed E-state index contributed by atoms with van der Waals surface area (Å²) in [6.45, 7) is 3.83. The summed E-state index contributed by atoms with van der Waals surface area (Å²) in [6, 6.07) is 0. The van der Waals surface area contributed by atoms with Crippen LogP contribution in [0.4, 0.5) is 0 Å². The summed E-state index contributed by atoms with van der Waals surface area (Å²) >= 11 is 0. The SMILES string of the molecule is CCCC1(C(CC=C[C@@H]2[C@@H](CC=CCCCC(=O)OC)[C@@H](O)C[C@H]2OC2CCCCO2)OC2CCCCO2)CCC1. The number of ether oxygens (including phenoxy) is 5. The first kappa shape index (κ1) is 32.7. The Morgan fingerprint density at radius 3 is 2.41 bits per heavy atom. The molecule has 2 aliphatic heterocycles. The third-order valence-corrected chi connectivity index (χ3v) is 9.85. The van der Waals surface area contributed by atoms with Crippen LogP contribution in [0.25, 0.3) is 0 Å². The van der Waals surface area contributed by atoms with Gasteiger partial charge >= 0.3 is 5.97 Å². The van der Waals surface area contributed by atoms with Crippen LogP contribution in [0.2, 0.25) is 0 Å². The van der Waals surface area contributed by atoms with Gasteiger partial charge in [-0.05, 0) is 94.8 Å². The number of allylic oxidation sites excluding steroid dienone is 2. The summed E-state index contributed by atoms with van der Waals surface area (Å²) in [5.41, 5.74) is 0.257. The molecule has 4 fully saturated rings. The number of esters is 1. The van der Waals surface area contributed by atoms with Gasteiger partial charge in [-0.15, -0.1) is 0 Å². The lowest BCUT2D eigenvalue weighted by Gasteiger charge is -2.48. The van der Waals surface area contributed by atoms with E-state index in [1.807, 2.05) is 0 Å². The van der Waals surface area contributed by atoms with Crippen molar-refractivity contribution in [2.75, 3.05) is 20.3 Å². The zero-order valence-electron chi connectivity index (χ0n) is 25.7. The van der Waals surface area contributed by atoms with Crippen molar-refractivity contribution in [1.29, 1.82) is 0 Å². The fraction of sp³-hybridized carbons (Fsp3) is 0.853. The van der Waals surface area contributed by atoms with Gasteiger partial charge in [-0.3, -0.25) is 4.79 Å². The van der Waals surface area contributed by atoms with Crippen molar-refractivity contribution in [2.45, 2.75) is 147 Å². The highest BCUT2D eigenvalue weighted by Gasteiger charge is 2.45. The van der Waals surface area contributed by atoms with E-state index in [9.17, 15) is 9.90 Å². The summed E-state index contributed by atoms with van der Waals surface area (Å²) in [5, 5.41) is 11.1. The highest BCUT2D eigenvalue weighted by atomic mass is 16.7. The Morgan fingerprint density at radius 1 is 1.02 bits per heavy atom. The average molecular weight is 577 g/mol. The standard InChI is InChI=1S/C34H56O7/c1-3-20-34(21-13-22-34)30(41-33-19-9-11-24-39-33)16-12-15-27-26(14-6-4-5-7-17-31(36)37-2)28(35)25-29(27)40-32-18-8-10-23-38-32/h4,6,12,15,26-30,32-33,35H,3,5,7-11,13-14,16-25H2,1-2H3/t26-,27-,28+,29-,30?,32?,33?/m1/s1. The smallest absolute Gasteiger partial charge is 0.305 e. The largest absolute Gasteiger partial charge is 0.469 e. The molecule has 2 heterocycles. The normalized spacial score (nSPS) is 32.8. The Labute approximate surface area is 248 Å². The van der Waals surface area contributed by atoms with Gasteiger partial charge in [0.1, 0.15) is 0 Å². The Kier molecular flexibility index (Phi) is 13.7. The molecular formula is C34H56O7. The number of carbonyl (C=O) groups is 1. The monoisotopic (exact) mass is 576 g/mol. The van der Waals surface area contributed by atoms with Crippen molar-refractivity contribution in [2.24, 2.45) is 17.3 Å². The summed E-state index contributed by atoms with van der Waals surface area (Å²) in [7, 11) is 1.43. The molecule has 0 spiro atoms. The molecule has 7 heteroatoms. The third-order valence-electron chi connectivity index (χ3n) is 9.85. The number of unbranched alkanes of at least 4 members (excludes halogenated alkanes) is 1. The van der Waals surface area contributed by atoms with Crippen LogP contribution in [0, 0.1) is 17.3 Å². The molecule has 2 aliphatic carbocycles. The molecule has 2 saturated heterocycles. The van der Waals surface area contributed by atoms with Crippen LogP contribution < -0.4 is 0 Å². The number of rotatable bonds is 16. The maximum Gasteiger partial charge on any atom is 0.305 e. The highest BCUT2D eigenvalue weighted by Crippen LogP contribution is 2.50. The molecule has 3 unspecified atom stereocenters. The maximum atomic E-state index is 11.4. The van der Waals surface area contributed by atoms with Crippen molar-refractivity contribution < 1.29 is 33.6 Å². The van der Waals surface area contributed by atoms with E-state index in [0.29, 0.717) is 12.8 Å². The number of aliphatic hydroxyl groups is 1. The van der Waals surface area contributed by atoms with Gasteiger partial charge in [0.15, 0.2) is 12.6 Å². The fourth-order valence-corrected chi connectivity index (χ4v) is 7.35. The van der Waals surface area contributed by atoms with Gasteiger partial charge in [-0.25, -0.2) is 0 Å². The molecule has 0 radical (unpaired) electrons. The van der Waals surface area contributed by atoms with Gasteiger partial charge in [0.05, 0.1) is 25.4 Å². The molecule has 234 valence electrons. The Balaban J connectivity index is 1.42. The van der Waals surface area contributed by atoms with Crippen LogP contribution in [0.3, 0.4) is 0 Å². The molecule has 1 N–H and O–H groups in total. The lowest BCUT2D eigenvalue weighted by Crippen LogP contribution is -2.45.